The van der Waals surface area contributed by atoms with Crippen molar-refractivity contribution in [1.82, 2.24) is 10.0 Å². The zero-order chi connectivity index (χ0) is 19.5. The maximum Gasteiger partial charge on any atom is 0.326 e. The standard InChI is InChI=1S/C17H23N3O5S/c1-10(2)8-13(17(22)23)19-15(21)9-11(3)18-16-12-6-4-5-7-14(12)26(24,25)20-16/h4-7,10-11,13H,8-9H2,1-3H3,(H,18,20)(H,19,21)(H,22,23)/t11?,13-/m1/s1. The minimum atomic E-state index is -3.63. The van der Waals surface area contributed by atoms with Crippen LogP contribution in [0.3, 0.4) is 0 Å². The zero-order valence-electron chi connectivity index (χ0n) is 14.9. The molecule has 0 radical (unpaired) electrons. The highest BCUT2D eigenvalue weighted by molar-refractivity contribution is 7.90. The smallest absolute Gasteiger partial charge is 0.326 e. The first-order valence-electron chi connectivity index (χ1n) is 8.32. The van der Waals surface area contributed by atoms with Gasteiger partial charge in [-0.05, 0) is 31.4 Å². The van der Waals surface area contributed by atoms with Gasteiger partial charge in [0.2, 0.25) is 5.91 Å². The molecular formula is C17H23N3O5S. The Balaban J connectivity index is 2.07. The molecule has 1 amide bonds. The number of carbonyl (C=O) groups excluding carboxylic acids is 1. The lowest BCUT2D eigenvalue weighted by Crippen LogP contribution is -2.42. The van der Waals surface area contributed by atoms with Crippen LogP contribution in [-0.4, -0.2) is 43.3 Å². The molecule has 1 aromatic carbocycles. The molecule has 1 heterocycles. The van der Waals surface area contributed by atoms with Crippen molar-refractivity contribution < 1.29 is 23.1 Å². The van der Waals surface area contributed by atoms with Crippen molar-refractivity contribution in [3.63, 3.8) is 0 Å². The van der Waals surface area contributed by atoms with Gasteiger partial charge in [0.25, 0.3) is 10.0 Å². The average Bonchev–Trinajstić information content (AvgIpc) is 2.77. The molecule has 0 aromatic heterocycles. The molecule has 0 spiro atoms. The van der Waals surface area contributed by atoms with Crippen LogP contribution < -0.4 is 10.0 Å². The third-order valence-electron chi connectivity index (χ3n) is 3.83. The lowest BCUT2D eigenvalue weighted by Gasteiger charge is -2.17. The fourth-order valence-electron chi connectivity index (χ4n) is 2.71. The minimum absolute atomic E-state index is 0.0464. The van der Waals surface area contributed by atoms with Crippen molar-refractivity contribution in [3.05, 3.63) is 29.8 Å². The highest BCUT2D eigenvalue weighted by atomic mass is 32.2. The van der Waals surface area contributed by atoms with Gasteiger partial charge in [0.15, 0.2) is 0 Å². The number of carbonyl (C=O) groups is 2. The number of hydrogen-bond donors (Lipinski definition) is 3. The number of benzene rings is 1. The lowest BCUT2D eigenvalue weighted by atomic mass is 10.0. The van der Waals surface area contributed by atoms with Gasteiger partial charge in [-0.15, -0.1) is 0 Å². The van der Waals surface area contributed by atoms with Crippen molar-refractivity contribution in [3.8, 4) is 0 Å². The van der Waals surface area contributed by atoms with Crippen LogP contribution in [0.5, 0.6) is 0 Å². The van der Waals surface area contributed by atoms with E-state index in [1.807, 2.05) is 13.8 Å². The summed E-state index contributed by atoms with van der Waals surface area (Å²) in [6.45, 7) is 5.42. The number of rotatable bonds is 7. The Hall–Kier alpha value is -2.42. The topological polar surface area (TPSA) is 125 Å². The molecule has 0 bridgehead atoms. The number of hydrogen-bond acceptors (Lipinski definition) is 5. The van der Waals surface area contributed by atoms with Crippen molar-refractivity contribution in [1.29, 1.82) is 0 Å². The van der Waals surface area contributed by atoms with Gasteiger partial charge in [-0.3, -0.25) is 14.5 Å². The SMILES string of the molecule is CC(C)C[C@@H](NC(=O)CC(C)N=C1NS(=O)(=O)c2ccccc21)C(=O)O. The lowest BCUT2D eigenvalue weighted by molar-refractivity contribution is -0.142. The van der Waals surface area contributed by atoms with Gasteiger partial charge in [0.1, 0.15) is 11.9 Å². The van der Waals surface area contributed by atoms with Crippen LogP contribution in [-0.2, 0) is 19.6 Å². The minimum Gasteiger partial charge on any atom is -0.480 e. The van der Waals surface area contributed by atoms with Gasteiger partial charge in [0.05, 0.1) is 10.9 Å². The second kappa shape index (κ2) is 7.86. The molecule has 8 nitrogen and oxygen atoms in total. The maximum absolute atomic E-state index is 12.1. The molecule has 26 heavy (non-hydrogen) atoms. The number of carboxylic acids is 1. The molecule has 142 valence electrons. The molecule has 9 heteroatoms. The summed E-state index contributed by atoms with van der Waals surface area (Å²) >= 11 is 0. The van der Waals surface area contributed by atoms with Gasteiger partial charge < -0.3 is 10.4 Å². The van der Waals surface area contributed by atoms with E-state index in [9.17, 15) is 23.1 Å². The third-order valence-corrected chi connectivity index (χ3v) is 5.23. The zero-order valence-corrected chi connectivity index (χ0v) is 15.7. The van der Waals surface area contributed by atoms with E-state index in [2.05, 4.69) is 15.0 Å². The van der Waals surface area contributed by atoms with E-state index in [0.717, 1.165) is 0 Å². The molecule has 3 N–H and O–H groups in total. The summed E-state index contributed by atoms with van der Waals surface area (Å²) < 4.78 is 26.5. The molecule has 1 aliphatic rings. The second-order valence-electron chi connectivity index (χ2n) is 6.72. The number of fused-ring (bicyclic) bond motifs is 1. The highest BCUT2D eigenvalue weighted by Gasteiger charge is 2.30. The number of sulfonamides is 1. The fraction of sp³-hybridized carbons (Fsp3) is 0.471. The normalized spacial score (nSPS) is 18.8. The molecule has 1 aliphatic heterocycles. The van der Waals surface area contributed by atoms with E-state index in [1.165, 1.54) is 6.07 Å². The van der Waals surface area contributed by atoms with Crippen molar-refractivity contribution in [2.45, 2.75) is 50.6 Å². The molecule has 1 unspecified atom stereocenters. The first kappa shape index (κ1) is 19.9. The Morgan fingerprint density at radius 2 is 1.88 bits per heavy atom. The highest BCUT2D eigenvalue weighted by Crippen LogP contribution is 2.22. The van der Waals surface area contributed by atoms with E-state index >= 15 is 0 Å². The van der Waals surface area contributed by atoms with E-state index in [1.54, 1.807) is 25.1 Å². The molecule has 0 fully saturated rings. The van der Waals surface area contributed by atoms with Crippen LogP contribution in [0, 0.1) is 5.92 Å². The number of nitrogens with one attached hydrogen (secondary N) is 2. The summed E-state index contributed by atoms with van der Waals surface area (Å²) in [5.41, 5.74) is 0.461. The number of amidine groups is 1. The summed E-state index contributed by atoms with van der Waals surface area (Å²) in [7, 11) is -3.63. The van der Waals surface area contributed by atoms with E-state index < -0.39 is 34.0 Å². The van der Waals surface area contributed by atoms with Gasteiger partial charge in [-0.2, -0.15) is 0 Å². The Labute approximate surface area is 152 Å². The number of carboxylic acid groups (broad SMARTS) is 1. The first-order chi connectivity index (χ1) is 12.1. The van der Waals surface area contributed by atoms with Gasteiger partial charge in [-0.25, -0.2) is 13.2 Å². The monoisotopic (exact) mass is 381 g/mol. The van der Waals surface area contributed by atoms with Crippen LogP contribution in [0.25, 0.3) is 0 Å². The van der Waals surface area contributed by atoms with Crippen LogP contribution >= 0.6 is 0 Å². The first-order valence-corrected chi connectivity index (χ1v) is 9.80. The Kier molecular flexibility index (Phi) is 6.01. The summed E-state index contributed by atoms with van der Waals surface area (Å²) in [5, 5.41) is 11.7. The fourth-order valence-corrected chi connectivity index (χ4v) is 3.95. The van der Waals surface area contributed by atoms with E-state index in [0.29, 0.717) is 12.0 Å². The van der Waals surface area contributed by atoms with Gasteiger partial charge in [-0.1, -0.05) is 26.0 Å². The molecule has 0 aliphatic carbocycles. The molecule has 0 saturated carbocycles. The van der Waals surface area contributed by atoms with Crippen molar-refractivity contribution in [2.24, 2.45) is 10.9 Å². The summed E-state index contributed by atoms with van der Waals surface area (Å²) in [6, 6.07) is 4.99. The number of nitrogens with zero attached hydrogens (tertiary/aromatic N) is 1. The third kappa shape index (κ3) is 4.81. The summed E-state index contributed by atoms with van der Waals surface area (Å²) in [5.74, 6) is -1.20. The molecular weight excluding hydrogens is 358 g/mol. The van der Waals surface area contributed by atoms with E-state index in [4.69, 9.17) is 0 Å². The molecule has 0 saturated heterocycles. The Morgan fingerprint density at radius 3 is 2.50 bits per heavy atom. The summed E-state index contributed by atoms with van der Waals surface area (Å²) in [4.78, 5) is 27.8. The maximum atomic E-state index is 12.1. The predicted octanol–water partition coefficient (Wildman–Crippen LogP) is 1.12. The number of amides is 1. The van der Waals surface area contributed by atoms with Crippen LogP contribution in [0.2, 0.25) is 0 Å². The van der Waals surface area contributed by atoms with Gasteiger partial charge >= 0.3 is 5.97 Å². The summed E-state index contributed by atoms with van der Waals surface area (Å²) in [6.07, 6.45) is 0.284. The predicted molar refractivity (Wildman–Crippen MR) is 96.4 cm³/mol. The molecule has 2 atom stereocenters. The molecule has 2 rings (SSSR count). The van der Waals surface area contributed by atoms with Crippen LogP contribution in [0.1, 0.15) is 39.2 Å². The molecule has 1 aromatic rings. The Bertz CT molecular complexity index is 833. The number of aliphatic imine (C=N–C) groups is 1. The van der Waals surface area contributed by atoms with Crippen LogP contribution in [0.4, 0.5) is 0 Å². The second-order valence-corrected chi connectivity index (χ2v) is 8.37. The Morgan fingerprint density at radius 1 is 1.23 bits per heavy atom. The van der Waals surface area contributed by atoms with Crippen molar-refractivity contribution >= 4 is 27.7 Å². The van der Waals surface area contributed by atoms with Gasteiger partial charge in [0, 0.05) is 12.0 Å². The van der Waals surface area contributed by atoms with Crippen LogP contribution in [0.15, 0.2) is 34.2 Å². The number of aliphatic carboxylic acids is 1. The largest absolute Gasteiger partial charge is 0.480 e. The van der Waals surface area contributed by atoms with Crippen molar-refractivity contribution in [2.75, 3.05) is 0 Å². The van der Waals surface area contributed by atoms with E-state index in [-0.39, 0.29) is 23.1 Å². The quantitative estimate of drug-likeness (QED) is 0.653. The average molecular weight is 381 g/mol.